The number of benzene rings is 3. The minimum atomic E-state index is -0.795. The monoisotopic (exact) mass is 523 g/mol. The lowest BCUT2D eigenvalue weighted by Gasteiger charge is -2.34. The van der Waals surface area contributed by atoms with Crippen LogP contribution in [-0.4, -0.2) is 42.4 Å². The highest BCUT2D eigenvalue weighted by Crippen LogP contribution is 2.33. The second kappa shape index (κ2) is 13.0. The van der Waals surface area contributed by atoms with Crippen LogP contribution in [0.5, 0.6) is 0 Å². The normalized spacial score (nSPS) is 15.0. The summed E-state index contributed by atoms with van der Waals surface area (Å²) in [5.41, 5.74) is 6.10. The third-order valence-electron chi connectivity index (χ3n) is 7.98. The molecular formula is C35H41NO3. The predicted octanol–water partition coefficient (Wildman–Crippen LogP) is 7.48. The molecule has 0 N–H and O–H groups in total. The zero-order valence-electron chi connectivity index (χ0n) is 23.8. The van der Waals surface area contributed by atoms with Crippen molar-refractivity contribution in [2.24, 2.45) is 0 Å². The van der Waals surface area contributed by atoms with Gasteiger partial charge in [0.1, 0.15) is 0 Å². The molecular weight excluding hydrogens is 482 g/mol. The molecule has 0 amide bonds. The van der Waals surface area contributed by atoms with E-state index in [1.54, 1.807) is 6.92 Å². The van der Waals surface area contributed by atoms with Crippen LogP contribution in [-0.2, 0) is 14.9 Å². The lowest BCUT2D eigenvalue weighted by molar-refractivity contribution is -0.148. The summed E-state index contributed by atoms with van der Waals surface area (Å²) in [5, 5.41) is 0. The molecule has 1 aliphatic heterocycles. The SMILES string of the molecule is CCOC(=O)C(C)(C)c1cccc(C(=O)CCC(C)N2CCC(=C(c3ccccc3)c3ccccc3)CC2)c1. The van der Waals surface area contributed by atoms with E-state index in [2.05, 4.69) is 72.5 Å². The van der Waals surface area contributed by atoms with Crippen molar-refractivity contribution in [3.63, 3.8) is 0 Å². The van der Waals surface area contributed by atoms with Crippen molar-refractivity contribution < 1.29 is 14.3 Å². The van der Waals surface area contributed by atoms with E-state index in [1.165, 1.54) is 22.3 Å². The second-order valence-corrected chi connectivity index (χ2v) is 11.0. The second-order valence-electron chi connectivity index (χ2n) is 11.0. The third kappa shape index (κ3) is 6.93. The molecule has 39 heavy (non-hydrogen) atoms. The highest BCUT2D eigenvalue weighted by atomic mass is 16.5. The van der Waals surface area contributed by atoms with Crippen LogP contribution in [0.2, 0.25) is 0 Å². The number of esters is 1. The maximum absolute atomic E-state index is 13.1. The van der Waals surface area contributed by atoms with Gasteiger partial charge < -0.3 is 9.64 Å². The number of carbonyl (C=O) groups excluding carboxylic acids is 2. The number of piperidine rings is 1. The third-order valence-corrected chi connectivity index (χ3v) is 7.98. The number of rotatable bonds is 10. The Kier molecular flexibility index (Phi) is 9.53. The van der Waals surface area contributed by atoms with Gasteiger partial charge in [0.2, 0.25) is 0 Å². The Balaban J connectivity index is 1.39. The van der Waals surface area contributed by atoms with E-state index in [4.69, 9.17) is 4.74 Å². The first-order chi connectivity index (χ1) is 18.8. The van der Waals surface area contributed by atoms with Crippen molar-refractivity contribution in [2.75, 3.05) is 19.7 Å². The molecule has 0 saturated carbocycles. The van der Waals surface area contributed by atoms with Gasteiger partial charge >= 0.3 is 5.97 Å². The maximum Gasteiger partial charge on any atom is 0.315 e. The Hall–Kier alpha value is -3.50. The largest absolute Gasteiger partial charge is 0.465 e. The number of carbonyl (C=O) groups is 2. The summed E-state index contributed by atoms with van der Waals surface area (Å²) in [4.78, 5) is 28.1. The number of ether oxygens (including phenoxy) is 1. The Morgan fingerprint density at radius 2 is 1.41 bits per heavy atom. The minimum Gasteiger partial charge on any atom is -0.465 e. The Bertz CT molecular complexity index is 1240. The average Bonchev–Trinajstić information content (AvgIpc) is 2.97. The number of Topliss-reactive ketones (excluding diaryl/α,β-unsaturated/α-hetero) is 1. The van der Waals surface area contributed by atoms with Crippen molar-refractivity contribution in [2.45, 2.75) is 64.8 Å². The van der Waals surface area contributed by atoms with Gasteiger partial charge in [-0.05, 0) is 75.3 Å². The van der Waals surface area contributed by atoms with E-state index in [-0.39, 0.29) is 11.8 Å². The summed E-state index contributed by atoms with van der Waals surface area (Å²) < 4.78 is 5.25. The number of nitrogens with zero attached hydrogens (tertiary/aromatic N) is 1. The number of ketones is 1. The molecule has 0 aliphatic carbocycles. The van der Waals surface area contributed by atoms with Crippen molar-refractivity contribution in [1.29, 1.82) is 0 Å². The lowest BCUT2D eigenvalue weighted by atomic mass is 9.83. The van der Waals surface area contributed by atoms with Gasteiger partial charge in [-0.3, -0.25) is 9.59 Å². The van der Waals surface area contributed by atoms with Crippen LogP contribution in [0.1, 0.15) is 80.4 Å². The summed E-state index contributed by atoms with van der Waals surface area (Å²) in [5.74, 6) is -0.152. The molecule has 1 heterocycles. The highest BCUT2D eigenvalue weighted by Gasteiger charge is 2.32. The van der Waals surface area contributed by atoms with E-state index >= 15 is 0 Å². The topological polar surface area (TPSA) is 46.6 Å². The van der Waals surface area contributed by atoms with Crippen LogP contribution in [0.4, 0.5) is 0 Å². The zero-order valence-corrected chi connectivity index (χ0v) is 23.8. The molecule has 0 radical (unpaired) electrons. The molecule has 1 aliphatic rings. The van der Waals surface area contributed by atoms with Gasteiger partial charge in [-0.1, -0.05) is 84.4 Å². The zero-order chi connectivity index (χ0) is 27.8. The van der Waals surface area contributed by atoms with Crippen LogP contribution < -0.4 is 0 Å². The van der Waals surface area contributed by atoms with Crippen molar-refractivity contribution >= 4 is 17.3 Å². The molecule has 204 valence electrons. The molecule has 3 aromatic rings. The molecule has 4 rings (SSSR count). The predicted molar refractivity (Wildman–Crippen MR) is 159 cm³/mol. The first-order valence-electron chi connectivity index (χ1n) is 14.2. The molecule has 1 atom stereocenters. The fourth-order valence-electron chi connectivity index (χ4n) is 5.45. The Morgan fingerprint density at radius 3 is 1.97 bits per heavy atom. The van der Waals surface area contributed by atoms with Crippen molar-refractivity contribution in [3.05, 3.63) is 113 Å². The first-order valence-corrected chi connectivity index (χ1v) is 14.2. The van der Waals surface area contributed by atoms with E-state index in [9.17, 15) is 9.59 Å². The minimum absolute atomic E-state index is 0.122. The summed E-state index contributed by atoms with van der Waals surface area (Å²) >= 11 is 0. The van der Waals surface area contributed by atoms with Gasteiger partial charge in [0, 0.05) is 31.1 Å². The lowest BCUT2D eigenvalue weighted by Crippen LogP contribution is -2.38. The molecule has 0 aromatic heterocycles. The quantitative estimate of drug-likeness (QED) is 0.204. The van der Waals surface area contributed by atoms with Crippen molar-refractivity contribution in [1.82, 2.24) is 4.90 Å². The maximum atomic E-state index is 13.1. The van der Waals surface area contributed by atoms with E-state index in [0.717, 1.165) is 37.9 Å². The smallest absolute Gasteiger partial charge is 0.315 e. The molecule has 1 fully saturated rings. The molecule has 4 heteroatoms. The van der Waals surface area contributed by atoms with Crippen LogP contribution in [0, 0.1) is 0 Å². The summed E-state index contributed by atoms with van der Waals surface area (Å²) in [6, 6.07) is 29.2. The average molecular weight is 524 g/mol. The summed E-state index contributed by atoms with van der Waals surface area (Å²) in [6.07, 6.45) is 3.36. The van der Waals surface area contributed by atoms with Crippen LogP contribution in [0.15, 0.2) is 90.5 Å². The van der Waals surface area contributed by atoms with Gasteiger partial charge in [0.25, 0.3) is 0 Å². The fourth-order valence-corrected chi connectivity index (χ4v) is 5.45. The summed E-state index contributed by atoms with van der Waals surface area (Å²) in [7, 11) is 0. The van der Waals surface area contributed by atoms with Crippen LogP contribution in [0.25, 0.3) is 5.57 Å². The van der Waals surface area contributed by atoms with E-state index < -0.39 is 5.41 Å². The molecule has 1 unspecified atom stereocenters. The van der Waals surface area contributed by atoms with E-state index in [0.29, 0.717) is 24.6 Å². The van der Waals surface area contributed by atoms with E-state index in [1.807, 2.05) is 38.1 Å². The highest BCUT2D eigenvalue weighted by molar-refractivity contribution is 5.96. The number of hydrogen-bond donors (Lipinski definition) is 0. The first kappa shape index (κ1) is 28.5. The molecule has 0 bridgehead atoms. The summed E-state index contributed by atoms with van der Waals surface area (Å²) in [6.45, 7) is 10.1. The molecule has 4 nitrogen and oxygen atoms in total. The fraction of sp³-hybridized carbons (Fsp3) is 0.371. The Morgan fingerprint density at radius 1 is 0.846 bits per heavy atom. The van der Waals surface area contributed by atoms with Crippen LogP contribution >= 0.6 is 0 Å². The van der Waals surface area contributed by atoms with Gasteiger partial charge in [-0.25, -0.2) is 0 Å². The van der Waals surface area contributed by atoms with Gasteiger partial charge in [-0.2, -0.15) is 0 Å². The molecule has 3 aromatic carbocycles. The van der Waals surface area contributed by atoms with Crippen molar-refractivity contribution in [3.8, 4) is 0 Å². The Labute approximate surface area is 233 Å². The van der Waals surface area contributed by atoms with Gasteiger partial charge in [0.15, 0.2) is 5.78 Å². The molecule has 1 saturated heterocycles. The van der Waals surface area contributed by atoms with Crippen LogP contribution in [0.3, 0.4) is 0 Å². The van der Waals surface area contributed by atoms with Gasteiger partial charge in [-0.15, -0.1) is 0 Å². The van der Waals surface area contributed by atoms with Gasteiger partial charge in [0.05, 0.1) is 12.0 Å². The number of hydrogen-bond acceptors (Lipinski definition) is 4. The number of likely N-dealkylation sites (tertiary alicyclic amines) is 1. The standard InChI is InChI=1S/C35H41NO3/c1-5-39-34(38)35(3,4)31-18-12-17-30(25-31)32(37)20-19-26(2)36-23-21-29(22-24-36)33(27-13-8-6-9-14-27)28-15-10-7-11-16-28/h6-18,25-26H,5,19-24H2,1-4H3. The molecule has 0 spiro atoms.